The van der Waals surface area contributed by atoms with Crippen molar-refractivity contribution in [1.82, 2.24) is 19.9 Å². The van der Waals surface area contributed by atoms with E-state index in [0.717, 1.165) is 20.9 Å². The summed E-state index contributed by atoms with van der Waals surface area (Å²) in [7, 11) is 0. The first-order chi connectivity index (χ1) is 25.6. The Hall–Kier alpha value is -6.70. The van der Waals surface area contributed by atoms with Crippen LogP contribution in [0.5, 0.6) is 11.5 Å². The van der Waals surface area contributed by atoms with Crippen LogP contribution in [0.1, 0.15) is 34.8 Å². The lowest BCUT2D eigenvalue weighted by Gasteiger charge is -2.05. The molecular formula is C36H26N6O8S2. The van der Waals surface area contributed by atoms with Crippen LogP contribution in [0.4, 0.5) is 0 Å². The zero-order valence-electron chi connectivity index (χ0n) is 26.9. The van der Waals surface area contributed by atoms with E-state index >= 15 is 0 Å². The van der Waals surface area contributed by atoms with Crippen LogP contribution in [0.3, 0.4) is 0 Å². The molecule has 52 heavy (non-hydrogen) atoms. The van der Waals surface area contributed by atoms with E-state index in [4.69, 9.17) is 38.3 Å². The highest BCUT2D eigenvalue weighted by molar-refractivity contribution is 7.15. The Balaban J connectivity index is 0.000000175. The maximum Gasteiger partial charge on any atom is 0.373 e. The number of hydrogen-bond acceptors (Lipinski definition) is 16. The van der Waals surface area contributed by atoms with Gasteiger partial charge >= 0.3 is 12.3 Å². The van der Waals surface area contributed by atoms with Crippen molar-refractivity contribution < 1.29 is 38.3 Å². The summed E-state index contributed by atoms with van der Waals surface area (Å²) in [6, 6.07) is 23.6. The first-order valence-electron chi connectivity index (χ1n) is 15.2. The number of hydrogen-bond donors (Lipinski definition) is 0. The van der Waals surface area contributed by atoms with Gasteiger partial charge in [0.1, 0.15) is 11.5 Å². The van der Waals surface area contributed by atoms with E-state index in [1.807, 2.05) is 60.9 Å². The van der Waals surface area contributed by atoms with Crippen molar-refractivity contribution in [3.8, 4) is 32.4 Å². The fourth-order valence-electron chi connectivity index (χ4n) is 4.60. The van der Waals surface area contributed by atoms with Gasteiger partial charge in [0.2, 0.25) is 11.8 Å². The molecule has 0 saturated carbocycles. The Bertz CT molecular complexity index is 1970. The smallest absolute Gasteiger partial charge is 0.373 e. The minimum absolute atomic E-state index is 0.0999. The summed E-state index contributed by atoms with van der Waals surface area (Å²) in [6.45, 7) is 0. The highest BCUT2D eigenvalue weighted by Gasteiger charge is 2.27. The maximum atomic E-state index is 8.12. The van der Waals surface area contributed by atoms with E-state index in [9.17, 15) is 0 Å². The third-order valence-corrected chi connectivity index (χ3v) is 9.26. The summed E-state index contributed by atoms with van der Waals surface area (Å²) in [5, 5.41) is 8.06. The molecule has 2 aliphatic rings. The highest BCUT2D eigenvalue weighted by Crippen LogP contribution is 2.38. The Morgan fingerprint density at radius 2 is 0.923 bits per heavy atom. The van der Waals surface area contributed by atoms with Crippen molar-refractivity contribution in [2.75, 3.05) is 0 Å². The molecule has 0 aromatic carbocycles. The standard InChI is InChI=1S/2C17H13N3O2S.2CO2/c2*1-3-12(10-18-7-1)15-5-6-16(23-15)14-9-17(20-22-14)21-13-4-2-8-19-11-13;2*2-1-3/h2*1-8,10-11,14H,9H2;;/t2*14-;;/m10../s1. The molecule has 0 spiro atoms. The summed E-state index contributed by atoms with van der Waals surface area (Å²) < 4.78 is 11.4. The van der Waals surface area contributed by atoms with Crippen LogP contribution < -0.4 is 9.47 Å². The summed E-state index contributed by atoms with van der Waals surface area (Å²) in [5.74, 6) is 2.47. The quantitative estimate of drug-likeness (QED) is 0.172. The predicted octanol–water partition coefficient (Wildman–Crippen LogP) is 6.95. The van der Waals surface area contributed by atoms with Crippen molar-refractivity contribution in [1.29, 1.82) is 0 Å². The second kappa shape index (κ2) is 19.5. The number of ether oxygens (including phenoxy) is 2. The monoisotopic (exact) mass is 734 g/mol. The first-order valence-corrected chi connectivity index (χ1v) is 16.8. The number of pyridine rings is 4. The third-order valence-electron chi connectivity index (χ3n) is 6.80. The van der Waals surface area contributed by atoms with Crippen molar-refractivity contribution >= 4 is 46.8 Å². The van der Waals surface area contributed by atoms with Gasteiger partial charge in [-0.05, 0) is 60.7 Å². The van der Waals surface area contributed by atoms with Crippen LogP contribution >= 0.6 is 22.7 Å². The third kappa shape index (κ3) is 10.6. The molecule has 14 nitrogen and oxygen atoms in total. The van der Waals surface area contributed by atoms with Crippen LogP contribution in [-0.2, 0) is 28.9 Å². The summed E-state index contributed by atoms with van der Waals surface area (Å²) in [4.78, 5) is 64.4. The molecule has 0 N–H and O–H groups in total. The Labute approximate surface area is 304 Å². The lowest BCUT2D eigenvalue weighted by molar-refractivity contribution is -0.193. The molecule has 8 rings (SSSR count). The van der Waals surface area contributed by atoms with Crippen molar-refractivity contribution in [2.24, 2.45) is 10.3 Å². The topological polar surface area (TPSA) is 181 Å². The normalized spacial score (nSPS) is 15.1. The minimum atomic E-state index is -0.0999. The molecule has 16 heteroatoms. The molecule has 6 aromatic rings. The molecule has 0 amide bonds. The van der Waals surface area contributed by atoms with Gasteiger partial charge in [-0.1, -0.05) is 22.4 Å². The van der Waals surface area contributed by atoms with E-state index in [1.165, 1.54) is 9.75 Å². The first kappa shape index (κ1) is 36.6. The molecule has 260 valence electrons. The lowest BCUT2D eigenvalue weighted by Crippen LogP contribution is -2.06. The van der Waals surface area contributed by atoms with E-state index in [0.29, 0.717) is 36.1 Å². The zero-order valence-corrected chi connectivity index (χ0v) is 28.5. The summed E-state index contributed by atoms with van der Waals surface area (Å²) in [5.41, 5.74) is 2.21. The molecule has 8 heterocycles. The van der Waals surface area contributed by atoms with Gasteiger partial charge in [-0.25, -0.2) is 0 Å². The Morgan fingerprint density at radius 3 is 1.27 bits per heavy atom. The molecule has 0 aliphatic carbocycles. The SMILES string of the molecule is O=C=O.O=C=O.c1cncc(OC2=NO[C@@H](c3ccc(-c4cccnc4)s3)C2)c1.c1cncc(OC2=NO[C@H](c3ccc(-c4cccnc4)s3)C2)c1. The van der Waals surface area contributed by atoms with Crippen molar-refractivity contribution in [3.63, 3.8) is 0 Å². The minimum Gasteiger partial charge on any atom is -0.438 e. The number of nitrogens with zero attached hydrogens (tertiary/aromatic N) is 6. The van der Waals surface area contributed by atoms with Crippen LogP contribution in [0, 0.1) is 0 Å². The van der Waals surface area contributed by atoms with Crippen LogP contribution in [-0.4, -0.2) is 44.0 Å². The van der Waals surface area contributed by atoms with Gasteiger partial charge in [0.15, 0.2) is 12.2 Å². The second-order valence-corrected chi connectivity index (χ2v) is 12.4. The van der Waals surface area contributed by atoms with Gasteiger partial charge in [0.25, 0.3) is 0 Å². The number of aromatic nitrogens is 4. The molecule has 0 unspecified atom stereocenters. The molecule has 2 atom stereocenters. The van der Waals surface area contributed by atoms with Crippen molar-refractivity contribution in [3.05, 3.63) is 132 Å². The predicted molar refractivity (Wildman–Crippen MR) is 187 cm³/mol. The van der Waals surface area contributed by atoms with Gasteiger partial charge in [-0.15, -0.1) is 22.7 Å². The molecule has 0 radical (unpaired) electrons. The van der Waals surface area contributed by atoms with Crippen LogP contribution in [0.15, 0.2) is 133 Å². The molecule has 0 fully saturated rings. The average Bonchev–Trinajstić information content (AvgIpc) is 4.02. The lowest BCUT2D eigenvalue weighted by atomic mass is 10.2. The number of carbonyl (C=O) groups excluding carboxylic acids is 4. The highest BCUT2D eigenvalue weighted by atomic mass is 32.1. The van der Waals surface area contributed by atoms with Crippen LogP contribution in [0.2, 0.25) is 0 Å². The van der Waals surface area contributed by atoms with E-state index < -0.39 is 0 Å². The molecular weight excluding hydrogens is 709 g/mol. The fraction of sp³-hybridized carbons (Fsp3) is 0.111. The van der Waals surface area contributed by atoms with Crippen molar-refractivity contribution in [2.45, 2.75) is 25.0 Å². The number of rotatable bonds is 6. The Morgan fingerprint density at radius 1 is 0.538 bits per heavy atom. The van der Waals surface area contributed by atoms with Gasteiger partial charge in [-0.2, -0.15) is 19.2 Å². The number of thiophene rings is 2. The maximum absolute atomic E-state index is 8.12. The Kier molecular flexibility index (Phi) is 13.7. The molecule has 6 aromatic heterocycles. The summed E-state index contributed by atoms with van der Waals surface area (Å²) in [6.07, 6.45) is 15.5. The van der Waals surface area contributed by atoms with Gasteiger partial charge in [0.05, 0.1) is 25.2 Å². The van der Waals surface area contributed by atoms with E-state index in [2.05, 4.69) is 54.5 Å². The fourth-order valence-corrected chi connectivity index (χ4v) is 6.65. The molecule has 0 saturated heterocycles. The van der Waals surface area contributed by atoms with E-state index in [1.54, 1.807) is 59.9 Å². The van der Waals surface area contributed by atoms with E-state index in [-0.39, 0.29) is 24.5 Å². The van der Waals surface area contributed by atoms with Gasteiger partial charge in [-0.3, -0.25) is 19.9 Å². The largest absolute Gasteiger partial charge is 0.438 e. The number of oxime groups is 2. The zero-order chi connectivity index (χ0) is 36.4. The van der Waals surface area contributed by atoms with Crippen LogP contribution in [0.25, 0.3) is 20.9 Å². The summed E-state index contributed by atoms with van der Waals surface area (Å²) >= 11 is 3.37. The van der Waals surface area contributed by atoms with Gasteiger partial charge < -0.3 is 19.1 Å². The average molecular weight is 735 g/mol. The molecule has 2 aliphatic heterocycles. The second-order valence-electron chi connectivity index (χ2n) is 10.2. The van der Waals surface area contributed by atoms with Gasteiger partial charge in [0, 0.05) is 67.8 Å². The molecule has 0 bridgehead atoms.